The Labute approximate surface area is 104 Å². The third-order valence-electron chi connectivity index (χ3n) is 4.26. The summed E-state index contributed by atoms with van der Waals surface area (Å²) in [6.45, 7) is 4.66. The summed E-state index contributed by atoms with van der Waals surface area (Å²) in [6.07, 6.45) is 11.0. The maximum absolute atomic E-state index is 4.38. The van der Waals surface area contributed by atoms with Crippen molar-refractivity contribution < 1.29 is 0 Å². The molecule has 0 amide bonds. The summed E-state index contributed by atoms with van der Waals surface area (Å²) in [5, 5.41) is 3.50. The van der Waals surface area contributed by atoms with Gasteiger partial charge in [-0.15, -0.1) is 0 Å². The summed E-state index contributed by atoms with van der Waals surface area (Å²) < 4.78 is 2.43. The quantitative estimate of drug-likeness (QED) is 0.866. The highest BCUT2D eigenvalue weighted by molar-refractivity contribution is 5.09. The Hall–Kier alpha value is -0.830. The predicted octanol–water partition coefficient (Wildman–Crippen LogP) is 2.71. The molecule has 0 spiro atoms. The van der Waals surface area contributed by atoms with Crippen LogP contribution in [0.2, 0.25) is 0 Å². The first-order valence-corrected chi connectivity index (χ1v) is 7.07. The molecule has 1 aliphatic heterocycles. The molecule has 2 fully saturated rings. The van der Waals surface area contributed by atoms with Crippen molar-refractivity contribution in [1.82, 2.24) is 14.9 Å². The number of nitrogens with zero attached hydrogens (tertiary/aromatic N) is 2. The highest BCUT2D eigenvalue weighted by Crippen LogP contribution is 2.37. The molecule has 3 heteroatoms. The molecule has 1 saturated heterocycles. The van der Waals surface area contributed by atoms with E-state index in [0.29, 0.717) is 12.0 Å². The lowest BCUT2D eigenvalue weighted by molar-refractivity contribution is 0.408. The van der Waals surface area contributed by atoms with Crippen LogP contribution >= 0.6 is 0 Å². The minimum atomic E-state index is 0.627. The second-order valence-corrected chi connectivity index (χ2v) is 5.80. The van der Waals surface area contributed by atoms with Gasteiger partial charge in [-0.05, 0) is 38.6 Å². The molecule has 2 aliphatic rings. The van der Waals surface area contributed by atoms with E-state index in [4.69, 9.17) is 0 Å². The number of hydrogen-bond acceptors (Lipinski definition) is 2. The van der Waals surface area contributed by atoms with Crippen LogP contribution in [0.3, 0.4) is 0 Å². The summed E-state index contributed by atoms with van der Waals surface area (Å²) in [4.78, 5) is 4.38. The third kappa shape index (κ3) is 2.54. The first-order valence-electron chi connectivity index (χ1n) is 7.07. The highest BCUT2D eigenvalue weighted by Gasteiger charge is 2.26. The van der Waals surface area contributed by atoms with Gasteiger partial charge in [-0.3, -0.25) is 0 Å². The van der Waals surface area contributed by atoms with E-state index in [1.54, 1.807) is 0 Å². The average Bonchev–Trinajstić information content (AvgIpc) is 3.04. The molecule has 94 valence electrons. The minimum Gasteiger partial charge on any atom is -0.331 e. The lowest BCUT2D eigenvalue weighted by Crippen LogP contribution is -2.29. The van der Waals surface area contributed by atoms with Crippen molar-refractivity contribution in [3.63, 3.8) is 0 Å². The minimum absolute atomic E-state index is 0.627. The van der Waals surface area contributed by atoms with Crippen molar-refractivity contribution in [1.29, 1.82) is 0 Å². The molecule has 1 aromatic rings. The number of aromatic nitrogens is 2. The molecular weight excluding hydrogens is 210 g/mol. The van der Waals surface area contributed by atoms with Crippen LogP contribution in [0.5, 0.6) is 0 Å². The van der Waals surface area contributed by atoms with E-state index in [1.165, 1.54) is 44.3 Å². The Balaban J connectivity index is 1.72. The SMILES string of the molecule is CC(CC1CC1)n1cncc1C1CCCNC1. The Morgan fingerprint density at radius 2 is 2.35 bits per heavy atom. The van der Waals surface area contributed by atoms with Gasteiger partial charge < -0.3 is 9.88 Å². The van der Waals surface area contributed by atoms with Gasteiger partial charge in [-0.1, -0.05) is 12.8 Å². The van der Waals surface area contributed by atoms with E-state index in [1.807, 2.05) is 6.33 Å². The second-order valence-electron chi connectivity index (χ2n) is 5.80. The molecule has 0 bridgehead atoms. The molecule has 1 saturated carbocycles. The summed E-state index contributed by atoms with van der Waals surface area (Å²) >= 11 is 0. The van der Waals surface area contributed by atoms with Gasteiger partial charge in [0.15, 0.2) is 0 Å². The van der Waals surface area contributed by atoms with E-state index in [-0.39, 0.29) is 0 Å². The summed E-state index contributed by atoms with van der Waals surface area (Å²) in [5.74, 6) is 1.66. The summed E-state index contributed by atoms with van der Waals surface area (Å²) in [6, 6.07) is 0.627. The molecular formula is C14H23N3. The van der Waals surface area contributed by atoms with Crippen molar-refractivity contribution >= 4 is 0 Å². The van der Waals surface area contributed by atoms with Gasteiger partial charge in [0.05, 0.1) is 6.33 Å². The number of imidazole rings is 1. The molecule has 3 nitrogen and oxygen atoms in total. The largest absolute Gasteiger partial charge is 0.331 e. The van der Waals surface area contributed by atoms with Gasteiger partial charge in [0.2, 0.25) is 0 Å². The highest BCUT2D eigenvalue weighted by atomic mass is 15.1. The molecule has 0 radical (unpaired) electrons. The van der Waals surface area contributed by atoms with Gasteiger partial charge in [0, 0.05) is 30.4 Å². The van der Waals surface area contributed by atoms with E-state index in [9.17, 15) is 0 Å². The van der Waals surface area contributed by atoms with Gasteiger partial charge in [0.25, 0.3) is 0 Å². The van der Waals surface area contributed by atoms with Crippen LogP contribution in [-0.4, -0.2) is 22.6 Å². The fraction of sp³-hybridized carbons (Fsp3) is 0.786. The van der Waals surface area contributed by atoms with Gasteiger partial charge in [-0.2, -0.15) is 0 Å². The van der Waals surface area contributed by atoms with Crippen molar-refractivity contribution in [3.05, 3.63) is 18.2 Å². The molecule has 17 heavy (non-hydrogen) atoms. The number of rotatable bonds is 4. The molecule has 1 aliphatic carbocycles. The normalized spacial score (nSPS) is 27.0. The fourth-order valence-electron chi connectivity index (χ4n) is 3.05. The predicted molar refractivity (Wildman–Crippen MR) is 69.1 cm³/mol. The molecule has 1 aromatic heterocycles. The average molecular weight is 233 g/mol. The molecule has 3 rings (SSSR count). The number of hydrogen-bond donors (Lipinski definition) is 1. The third-order valence-corrected chi connectivity index (χ3v) is 4.26. The Kier molecular flexibility index (Phi) is 3.19. The van der Waals surface area contributed by atoms with Crippen LogP contribution in [-0.2, 0) is 0 Å². The number of nitrogens with one attached hydrogen (secondary N) is 1. The zero-order valence-corrected chi connectivity index (χ0v) is 10.7. The van der Waals surface area contributed by atoms with Crippen molar-refractivity contribution in [2.24, 2.45) is 5.92 Å². The van der Waals surface area contributed by atoms with E-state index < -0.39 is 0 Å². The smallest absolute Gasteiger partial charge is 0.0950 e. The van der Waals surface area contributed by atoms with Crippen molar-refractivity contribution in [3.8, 4) is 0 Å². The zero-order chi connectivity index (χ0) is 11.7. The standard InChI is InChI=1S/C14H23N3/c1-11(7-12-4-5-12)17-10-16-9-14(17)13-3-2-6-15-8-13/h9-13,15H,2-8H2,1H3. The maximum Gasteiger partial charge on any atom is 0.0950 e. The van der Waals surface area contributed by atoms with Crippen molar-refractivity contribution in [2.45, 2.75) is 51.0 Å². The lowest BCUT2D eigenvalue weighted by atomic mass is 9.96. The monoisotopic (exact) mass is 233 g/mol. The maximum atomic E-state index is 4.38. The van der Waals surface area contributed by atoms with Crippen LogP contribution in [0.25, 0.3) is 0 Å². The molecule has 2 atom stereocenters. The van der Waals surface area contributed by atoms with Gasteiger partial charge in [-0.25, -0.2) is 4.98 Å². The Bertz CT molecular complexity index is 361. The van der Waals surface area contributed by atoms with E-state index in [2.05, 4.69) is 28.0 Å². The topological polar surface area (TPSA) is 29.9 Å². The Morgan fingerprint density at radius 3 is 3.06 bits per heavy atom. The molecule has 2 heterocycles. The van der Waals surface area contributed by atoms with Crippen LogP contribution < -0.4 is 5.32 Å². The van der Waals surface area contributed by atoms with Gasteiger partial charge in [0.1, 0.15) is 0 Å². The van der Waals surface area contributed by atoms with Crippen LogP contribution in [0.4, 0.5) is 0 Å². The molecule has 2 unspecified atom stereocenters. The van der Waals surface area contributed by atoms with Crippen LogP contribution in [0, 0.1) is 5.92 Å². The first kappa shape index (κ1) is 11.3. The first-order chi connectivity index (χ1) is 8.34. The van der Waals surface area contributed by atoms with Crippen LogP contribution in [0.15, 0.2) is 12.5 Å². The molecule has 0 aromatic carbocycles. The fourth-order valence-corrected chi connectivity index (χ4v) is 3.05. The number of piperidine rings is 1. The summed E-state index contributed by atoms with van der Waals surface area (Å²) in [5.41, 5.74) is 1.45. The lowest BCUT2D eigenvalue weighted by Gasteiger charge is -2.26. The second kappa shape index (κ2) is 4.81. The van der Waals surface area contributed by atoms with E-state index >= 15 is 0 Å². The van der Waals surface area contributed by atoms with Gasteiger partial charge >= 0.3 is 0 Å². The zero-order valence-electron chi connectivity index (χ0n) is 10.7. The summed E-state index contributed by atoms with van der Waals surface area (Å²) in [7, 11) is 0. The van der Waals surface area contributed by atoms with Crippen molar-refractivity contribution in [2.75, 3.05) is 13.1 Å². The van der Waals surface area contributed by atoms with Crippen LogP contribution in [0.1, 0.15) is 56.7 Å². The molecule has 1 N–H and O–H groups in total. The Morgan fingerprint density at radius 1 is 1.47 bits per heavy atom. The van der Waals surface area contributed by atoms with E-state index in [0.717, 1.165) is 12.5 Å².